The molecule has 0 amide bonds. The Morgan fingerprint density at radius 3 is 2.68 bits per heavy atom. The van der Waals surface area contributed by atoms with Crippen LogP contribution in [-0.4, -0.2) is 14.4 Å². The van der Waals surface area contributed by atoms with E-state index in [4.69, 9.17) is 5.73 Å². The van der Waals surface area contributed by atoms with Gasteiger partial charge in [-0.1, -0.05) is 12.1 Å². The van der Waals surface area contributed by atoms with E-state index in [-0.39, 0.29) is 5.82 Å². The van der Waals surface area contributed by atoms with Crippen molar-refractivity contribution in [3.8, 4) is 11.1 Å². The summed E-state index contributed by atoms with van der Waals surface area (Å²) in [4.78, 5) is 8.84. The van der Waals surface area contributed by atoms with E-state index >= 15 is 0 Å². The second kappa shape index (κ2) is 4.44. The van der Waals surface area contributed by atoms with Gasteiger partial charge in [0.15, 0.2) is 0 Å². The number of hydrogen-bond donors (Lipinski definition) is 1. The third kappa shape index (κ3) is 1.98. The molecule has 0 unspecified atom stereocenters. The first-order chi connectivity index (χ1) is 9.19. The summed E-state index contributed by atoms with van der Waals surface area (Å²) in [5.41, 5.74) is 8.97. The van der Waals surface area contributed by atoms with Crippen molar-refractivity contribution in [2.45, 2.75) is 13.5 Å². The van der Waals surface area contributed by atoms with Crippen LogP contribution in [0.2, 0.25) is 0 Å². The summed E-state index contributed by atoms with van der Waals surface area (Å²) in [5, 5.41) is 0. The maximum absolute atomic E-state index is 13.0. The Labute approximate surface area is 109 Å². The van der Waals surface area contributed by atoms with Crippen molar-refractivity contribution in [3.63, 3.8) is 0 Å². The van der Waals surface area contributed by atoms with Crippen LogP contribution < -0.4 is 5.73 Å². The molecule has 4 nitrogen and oxygen atoms in total. The number of halogens is 1. The van der Waals surface area contributed by atoms with Gasteiger partial charge in [-0.05, 0) is 24.6 Å². The van der Waals surface area contributed by atoms with Gasteiger partial charge in [0, 0.05) is 24.5 Å². The second-order valence-electron chi connectivity index (χ2n) is 4.36. The van der Waals surface area contributed by atoms with Gasteiger partial charge in [0.1, 0.15) is 17.3 Å². The molecule has 2 N–H and O–H groups in total. The molecule has 0 atom stereocenters. The van der Waals surface area contributed by atoms with Crippen LogP contribution in [-0.2, 0) is 6.54 Å². The minimum atomic E-state index is -0.258. The molecular weight excluding hydrogens is 243 g/mol. The minimum absolute atomic E-state index is 0.258. The van der Waals surface area contributed by atoms with Gasteiger partial charge >= 0.3 is 0 Å². The van der Waals surface area contributed by atoms with Crippen molar-refractivity contribution in [1.29, 1.82) is 0 Å². The number of fused-ring (bicyclic) bond motifs is 1. The van der Waals surface area contributed by atoms with Crippen LogP contribution >= 0.6 is 0 Å². The van der Waals surface area contributed by atoms with E-state index < -0.39 is 0 Å². The second-order valence-corrected chi connectivity index (χ2v) is 4.36. The van der Waals surface area contributed by atoms with Gasteiger partial charge in [0.2, 0.25) is 0 Å². The number of imidazole rings is 1. The van der Waals surface area contributed by atoms with Gasteiger partial charge in [-0.15, -0.1) is 0 Å². The first kappa shape index (κ1) is 11.8. The molecule has 1 aromatic carbocycles. The molecule has 0 saturated heterocycles. The van der Waals surface area contributed by atoms with Crippen LogP contribution in [0.25, 0.3) is 16.8 Å². The number of rotatable bonds is 2. The lowest BCUT2D eigenvalue weighted by Crippen LogP contribution is -1.96. The lowest BCUT2D eigenvalue weighted by molar-refractivity contribution is 0.628. The van der Waals surface area contributed by atoms with E-state index in [1.165, 1.54) is 12.1 Å². The molecule has 96 valence electrons. The van der Waals surface area contributed by atoms with Crippen LogP contribution in [0.3, 0.4) is 0 Å². The topological polar surface area (TPSA) is 56.2 Å². The highest BCUT2D eigenvalue weighted by Gasteiger charge is 2.10. The Balaban J connectivity index is 2.26. The zero-order valence-corrected chi connectivity index (χ0v) is 10.5. The van der Waals surface area contributed by atoms with Crippen molar-refractivity contribution in [3.05, 3.63) is 54.0 Å². The largest absolute Gasteiger partial charge is 0.325 e. The lowest BCUT2D eigenvalue weighted by Gasteiger charge is -2.05. The Bertz CT molecular complexity index is 731. The molecule has 0 aliphatic carbocycles. The molecule has 19 heavy (non-hydrogen) atoms. The predicted molar refractivity (Wildman–Crippen MR) is 71.0 cm³/mol. The third-order valence-corrected chi connectivity index (χ3v) is 3.09. The zero-order chi connectivity index (χ0) is 13.4. The summed E-state index contributed by atoms with van der Waals surface area (Å²) in [6.07, 6.45) is 3.63. The fourth-order valence-electron chi connectivity index (χ4n) is 2.07. The van der Waals surface area contributed by atoms with Crippen LogP contribution in [0.4, 0.5) is 4.39 Å². The summed E-state index contributed by atoms with van der Waals surface area (Å²) in [5.74, 6) is 0.582. The monoisotopic (exact) mass is 256 g/mol. The van der Waals surface area contributed by atoms with E-state index in [9.17, 15) is 4.39 Å². The predicted octanol–water partition coefficient (Wildman–Crippen LogP) is 2.30. The molecule has 0 aliphatic heterocycles. The van der Waals surface area contributed by atoms with Crippen molar-refractivity contribution in [2.75, 3.05) is 0 Å². The maximum atomic E-state index is 13.0. The number of aryl methyl sites for hydroxylation is 1. The summed E-state index contributed by atoms with van der Waals surface area (Å²) in [7, 11) is 0. The first-order valence-electron chi connectivity index (χ1n) is 5.98. The van der Waals surface area contributed by atoms with E-state index in [2.05, 4.69) is 9.97 Å². The van der Waals surface area contributed by atoms with Crippen molar-refractivity contribution < 1.29 is 4.39 Å². The average Bonchev–Trinajstić information content (AvgIpc) is 2.86. The molecule has 0 bridgehead atoms. The molecule has 0 fully saturated rings. The molecule has 2 aromatic heterocycles. The van der Waals surface area contributed by atoms with Crippen molar-refractivity contribution >= 4 is 5.65 Å². The van der Waals surface area contributed by atoms with Gasteiger partial charge in [-0.2, -0.15) is 0 Å². The summed E-state index contributed by atoms with van der Waals surface area (Å²) < 4.78 is 14.9. The Morgan fingerprint density at radius 2 is 2.00 bits per heavy atom. The number of aromatic nitrogens is 3. The van der Waals surface area contributed by atoms with Crippen LogP contribution in [0, 0.1) is 12.7 Å². The normalized spacial score (nSPS) is 11.1. The average molecular weight is 256 g/mol. The van der Waals surface area contributed by atoms with Crippen LogP contribution in [0.15, 0.2) is 36.7 Å². The van der Waals surface area contributed by atoms with E-state index in [0.29, 0.717) is 6.54 Å². The van der Waals surface area contributed by atoms with E-state index in [1.54, 1.807) is 18.3 Å². The van der Waals surface area contributed by atoms with E-state index in [0.717, 1.165) is 28.3 Å². The Kier molecular flexibility index (Phi) is 2.76. The first-order valence-corrected chi connectivity index (χ1v) is 5.98. The highest BCUT2D eigenvalue weighted by Crippen LogP contribution is 2.24. The smallest absolute Gasteiger partial charge is 0.147 e. The fourth-order valence-corrected chi connectivity index (χ4v) is 2.07. The minimum Gasteiger partial charge on any atom is -0.325 e. The quantitative estimate of drug-likeness (QED) is 0.765. The number of benzene rings is 1. The molecule has 0 spiro atoms. The third-order valence-electron chi connectivity index (χ3n) is 3.09. The number of hydrogen-bond acceptors (Lipinski definition) is 3. The number of nitrogens with zero attached hydrogens (tertiary/aromatic N) is 3. The maximum Gasteiger partial charge on any atom is 0.147 e. The molecule has 0 aliphatic rings. The SMILES string of the molecule is Cc1ncc(-c2ccc(F)cc2)c2nc(CN)cn12. The molecule has 5 heteroatoms. The van der Waals surface area contributed by atoms with Gasteiger partial charge in [-0.25, -0.2) is 14.4 Å². The molecule has 3 rings (SSSR count). The van der Waals surface area contributed by atoms with Gasteiger partial charge in [-0.3, -0.25) is 4.40 Å². The molecule has 0 radical (unpaired) electrons. The summed E-state index contributed by atoms with van der Waals surface area (Å²) in [6.45, 7) is 2.29. The standard InChI is InChI=1S/C14H13FN4/c1-9-17-7-13(10-2-4-11(15)5-3-10)14-18-12(6-16)8-19(9)14/h2-5,7-8H,6,16H2,1H3. The van der Waals surface area contributed by atoms with Crippen molar-refractivity contribution in [1.82, 2.24) is 14.4 Å². The summed E-state index contributed by atoms with van der Waals surface area (Å²) in [6, 6.07) is 6.30. The fraction of sp³-hybridized carbons (Fsp3) is 0.143. The molecule has 3 aromatic rings. The van der Waals surface area contributed by atoms with Gasteiger partial charge < -0.3 is 5.73 Å². The number of nitrogens with two attached hydrogens (primary N) is 1. The lowest BCUT2D eigenvalue weighted by atomic mass is 10.1. The molecule has 2 heterocycles. The highest BCUT2D eigenvalue weighted by atomic mass is 19.1. The van der Waals surface area contributed by atoms with Crippen LogP contribution in [0.1, 0.15) is 11.5 Å². The van der Waals surface area contributed by atoms with E-state index in [1.807, 2.05) is 17.5 Å². The van der Waals surface area contributed by atoms with Gasteiger partial charge in [0.25, 0.3) is 0 Å². The molecular formula is C14H13FN4. The summed E-state index contributed by atoms with van der Waals surface area (Å²) >= 11 is 0. The van der Waals surface area contributed by atoms with Gasteiger partial charge in [0.05, 0.1) is 5.69 Å². The Hall–Kier alpha value is -2.27. The van der Waals surface area contributed by atoms with Crippen LogP contribution in [0.5, 0.6) is 0 Å². The Morgan fingerprint density at radius 1 is 1.26 bits per heavy atom. The van der Waals surface area contributed by atoms with Crippen molar-refractivity contribution in [2.24, 2.45) is 5.73 Å². The zero-order valence-electron chi connectivity index (χ0n) is 10.5. The highest BCUT2D eigenvalue weighted by molar-refractivity contribution is 5.77. The molecule has 0 saturated carbocycles.